The van der Waals surface area contributed by atoms with Crippen molar-refractivity contribution < 1.29 is 23.6 Å². The summed E-state index contributed by atoms with van der Waals surface area (Å²) in [6.07, 6.45) is 1.49. The Kier molecular flexibility index (Phi) is 7.60. The first-order valence-corrected chi connectivity index (χ1v) is 10.5. The number of benzene rings is 1. The van der Waals surface area contributed by atoms with E-state index in [0.29, 0.717) is 13.1 Å². The van der Waals surface area contributed by atoms with Gasteiger partial charge in [0.2, 0.25) is 5.91 Å². The fourth-order valence-electron chi connectivity index (χ4n) is 2.92. The van der Waals surface area contributed by atoms with Gasteiger partial charge < -0.3 is 24.7 Å². The van der Waals surface area contributed by atoms with Crippen molar-refractivity contribution in [3.63, 3.8) is 0 Å². The molecule has 1 saturated heterocycles. The number of amides is 2. The molecule has 1 aliphatic rings. The molecule has 2 amide bonds. The maximum absolute atomic E-state index is 11.9. The van der Waals surface area contributed by atoms with Gasteiger partial charge in [0.1, 0.15) is 5.60 Å². The van der Waals surface area contributed by atoms with E-state index in [2.05, 4.69) is 10.6 Å². The van der Waals surface area contributed by atoms with Crippen LogP contribution in [0.4, 0.5) is 4.79 Å². The Morgan fingerprint density at radius 1 is 1.10 bits per heavy atom. The van der Waals surface area contributed by atoms with E-state index in [0.717, 1.165) is 16.6 Å². The van der Waals surface area contributed by atoms with Crippen LogP contribution in [0.2, 0.25) is 0 Å². The number of rotatable bonds is 6. The molecule has 0 radical (unpaired) electrons. The second kappa shape index (κ2) is 9.45. The molecule has 7 nitrogen and oxygen atoms in total. The van der Waals surface area contributed by atoms with Crippen LogP contribution in [0.25, 0.3) is 6.08 Å². The zero-order valence-electron chi connectivity index (χ0n) is 19.9. The lowest BCUT2D eigenvalue weighted by Gasteiger charge is -2.32. The number of carbonyl (C=O) groups is 2. The smallest absolute Gasteiger partial charge is 0.444 e. The van der Waals surface area contributed by atoms with Crippen LogP contribution in [0.5, 0.6) is 0 Å². The van der Waals surface area contributed by atoms with E-state index < -0.39 is 30.0 Å². The van der Waals surface area contributed by atoms with Gasteiger partial charge in [0.05, 0.1) is 11.2 Å². The largest absolute Gasteiger partial charge is 0.492 e. The lowest BCUT2D eigenvalue weighted by atomic mass is 9.77. The highest BCUT2D eigenvalue weighted by molar-refractivity contribution is 6.56. The molecule has 0 aromatic heterocycles. The molecule has 1 aromatic carbocycles. The minimum Gasteiger partial charge on any atom is -0.444 e. The van der Waals surface area contributed by atoms with Crippen molar-refractivity contribution in [2.45, 2.75) is 78.7 Å². The van der Waals surface area contributed by atoms with E-state index in [1.165, 1.54) is 6.92 Å². The SMILES string of the molecule is CC(=O)NCC(=Cc1cccc(CNC(=O)OC(C)(C)C)c1)B1OC(C)(C)C(C)(C)O1. The zero-order valence-corrected chi connectivity index (χ0v) is 19.9. The van der Waals surface area contributed by atoms with Crippen molar-refractivity contribution in [1.82, 2.24) is 10.6 Å². The van der Waals surface area contributed by atoms with Crippen molar-refractivity contribution in [2.24, 2.45) is 0 Å². The summed E-state index contributed by atoms with van der Waals surface area (Å²) in [5.74, 6) is -0.127. The van der Waals surface area contributed by atoms with Crippen molar-refractivity contribution in [2.75, 3.05) is 6.54 Å². The van der Waals surface area contributed by atoms with Crippen molar-refractivity contribution in [3.8, 4) is 0 Å². The van der Waals surface area contributed by atoms with Gasteiger partial charge in [-0.3, -0.25) is 4.79 Å². The van der Waals surface area contributed by atoms with Crippen LogP contribution >= 0.6 is 0 Å². The first-order valence-electron chi connectivity index (χ1n) is 10.5. The molecule has 0 atom stereocenters. The van der Waals surface area contributed by atoms with Gasteiger partial charge in [-0.15, -0.1) is 0 Å². The third-order valence-electron chi connectivity index (χ3n) is 5.24. The molecule has 1 aromatic rings. The number of alkyl carbamates (subject to hydrolysis) is 1. The van der Waals surface area contributed by atoms with E-state index in [9.17, 15) is 9.59 Å². The maximum atomic E-state index is 11.9. The second-order valence-electron chi connectivity index (χ2n) is 9.82. The first-order chi connectivity index (χ1) is 14.2. The molecule has 2 N–H and O–H groups in total. The van der Waals surface area contributed by atoms with Gasteiger partial charge in [-0.25, -0.2) is 4.79 Å². The van der Waals surface area contributed by atoms with Crippen LogP contribution in [0.1, 0.15) is 66.5 Å². The average Bonchev–Trinajstić information content (AvgIpc) is 2.83. The molecule has 8 heteroatoms. The normalized spacial score (nSPS) is 17.9. The Morgan fingerprint density at radius 3 is 2.26 bits per heavy atom. The van der Waals surface area contributed by atoms with Crippen molar-refractivity contribution >= 4 is 25.2 Å². The summed E-state index contributed by atoms with van der Waals surface area (Å²) in [5, 5.41) is 5.60. The highest BCUT2D eigenvalue weighted by Crippen LogP contribution is 2.38. The van der Waals surface area contributed by atoms with Crippen LogP contribution in [0.3, 0.4) is 0 Å². The van der Waals surface area contributed by atoms with Crippen LogP contribution < -0.4 is 10.6 Å². The van der Waals surface area contributed by atoms with Gasteiger partial charge >= 0.3 is 13.2 Å². The second-order valence-corrected chi connectivity index (χ2v) is 9.82. The van der Waals surface area contributed by atoms with Crippen LogP contribution in [-0.2, 0) is 25.4 Å². The summed E-state index contributed by atoms with van der Waals surface area (Å²) in [5.41, 5.74) is 1.14. The molecule has 0 bridgehead atoms. The monoisotopic (exact) mass is 430 g/mol. The number of hydrogen-bond acceptors (Lipinski definition) is 5. The summed E-state index contributed by atoms with van der Waals surface area (Å²) in [6.45, 7) is 15.6. The van der Waals surface area contributed by atoms with Gasteiger partial charge in [-0.1, -0.05) is 30.3 Å². The summed E-state index contributed by atoms with van der Waals surface area (Å²) < 4.78 is 17.6. The summed E-state index contributed by atoms with van der Waals surface area (Å²) in [7, 11) is -0.569. The number of carbonyl (C=O) groups excluding carboxylic acids is 2. The predicted molar refractivity (Wildman–Crippen MR) is 122 cm³/mol. The van der Waals surface area contributed by atoms with Crippen LogP contribution in [-0.4, -0.2) is 42.5 Å². The summed E-state index contributed by atoms with van der Waals surface area (Å²) >= 11 is 0. The molecule has 2 rings (SSSR count). The standard InChI is InChI=1S/C23H35BN2O5/c1-16(27)25-15-19(24-30-22(5,6)23(7,8)31-24)13-17-10-9-11-18(12-17)14-26-20(28)29-21(2,3)4/h9-13H,14-15H2,1-8H3,(H,25,27)(H,26,28). The highest BCUT2D eigenvalue weighted by Gasteiger charge is 2.52. The van der Waals surface area contributed by atoms with E-state index in [1.807, 2.05) is 78.8 Å². The minimum atomic E-state index is -0.569. The fourth-order valence-corrected chi connectivity index (χ4v) is 2.92. The molecular weight excluding hydrogens is 395 g/mol. The predicted octanol–water partition coefficient (Wildman–Crippen LogP) is 3.86. The lowest BCUT2D eigenvalue weighted by Crippen LogP contribution is -2.41. The van der Waals surface area contributed by atoms with Gasteiger partial charge in [-0.05, 0) is 65.1 Å². The molecule has 1 fully saturated rings. The number of ether oxygens (including phenoxy) is 1. The van der Waals surface area contributed by atoms with E-state index in [-0.39, 0.29) is 5.91 Å². The third-order valence-corrected chi connectivity index (χ3v) is 5.24. The molecule has 0 aliphatic carbocycles. The van der Waals surface area contributed by atoms with Gasteiger partial charge in [-0.2, -0.15) is 0 Å². The molecule has 31 heavy (non-hydrogen) atoms. The van der Waals surface area contributed by atoms with Crippen LogP contribution in [0.15, 0.2) is 29.7 Å². The zero-order chi connectivity index (χ0) is 23.4. The maximum Gasteiger partial charge on any atom is 0.492 e. The number of nitrogens with one attached hydrogen (secondary N) is 2. The molecule has 0 unspecified atom stereocenters. The summed E-state index contributed by atoms with van der Waals surface area (Å²) in [4.78, 5) is 23.4. The molecule has 170 valence electrons. The number of hydrogen-bond donors (Lipinski definition) is 2. The van der Waals surface area contributed by atoms with Gasteiger partial charge in [0.25, 0.3) is 0 Å². The molecular formula is C23H35BN2O5. The van der Waals surface area contributed by atoms with Crippen LogP contribution in [0, 0.1) is 0 Å². The molecule has 0 spiro atoms. The van der Waals surface area contributed by atoms with E-state index >= 15 is 0 Å². The van der Waals surface area contributed by atoms with E-state index in [4.69, 9.17) is 14.0 Å². The Balaban J connectivity index is 2.19. The molecule has 1 aliphatic heterocycles. The van der Waals surface area contributed by atoms with Gasteiger partial charge in [0, 0.05) is 20.0 Å². The Hall–Kier alpha value is -2.32. The molecule has 1 heterocycles. The van der Waals surface area contributed by atoms with Gasteiger partial charge in [0.15, 0.2) is 0 Å². The first kappa shape index (κ1) is 24.9. The Morgan fingerprint density at radius 2 is 1.71 bits per heavy atom. The van der Waals surface area contributed by atoms with Crippen molar-refractivity contribution in [1.29, 1.82) is 0 Å². The average molecular weight is 430 g/mol. The fraction of sp³-hybridized carbons (Fsp3) is 0.565. The Bertz CT molecular complexity index is 827. The Labute approximate surface area is 186 Å². The van der Waals surface area contributed by atoms with E-state index in [1.54, 1.807) is 0 Å². The highest BCUT2D eigenvalue weighted by atomic mass is 16.7. The lowest BCUT2D eigenvalue weighted by molar-refractivity contribution is -0.118. The minimum absolute atomic E-state index is 0.127. The topological polar surface area (TPSA) is 85.9 Å². The molecule has 0 saturated carbocycles. The third kappa shape index (κ3) is 7.40. The summed E-state index contributed by atoms with van der Waals surface area (Å²) in [6, 6.07) is 7.77. The van der Waals surface area contributed by atoms with Crippen molar-refractivity contribution in [3.05, 3.63) is 40.9 Å². The quantitative estimate of drug-likeness (QED) is 0.670.